The van der Waals surface area contributed by atoms with Crippen molar-refractivity contribution in [3.8, 4) is 0 Å². The Hall–Kier alpha value is -1.90. The van der Waals surface area contributed by atoms with Gasteiger partial charge in [-0.3, -0.25) is 29.4 Å². The van der Waals surface area contributed by atoms with Crippen molar-refractivity contribution in [2.75, 3.05) is 38.1 Å². The average molecular weight is 663 g/mol. The third-order valence-electron chi connectivity index (χ3n) is 4.34. The molecule has 0 spiro atoms. The summed E-state index contributed by atoms with van der Waals surface area (Å²) in [7, 11) is -5.97. The molecule has 0 fully saturated rings. The van der Waals surface area contributed by atoms with E-state index in [1.807, 2.05) is 0 Å². The molecule has 2 rings (SSSR count). The molecule has 2 aromatic rings. The average Bonchev–Trinajstić information content (AvgIpc) is 2.90. The number of nitro groups is 2. The Morgan fingerprint density at radius 2 is 1.17 bits per heavy atom. The van der Waals surface area contributed by atoms with Gasteiger partial charge in [0.2, 0.25) is 0 Å². The SMILES string of the molecule is CCOP(=O)(CC)OCC.CCOP(=O)(CSc1ccc([N+](=O)[O-])cc1F)OCC.O=[N+]([O-])c1ccc(S)c(F)c1. The van der Waals surface area contributed by atoms with Crippen LogP contribution in [0, 0.1) is 31.9 Å². The smallest absolute Gasteiger partial charge is 0.309 e. The summed E-state index contributed by atoms with van der Waals surface area (Å²) in [6.07, 6.45) is 0.453. The van der Waals surface area contributed by atoms with E-state index in [0.717, 1.165) is 23.9 Å². The summed E-state index contributed by atoms with van der Waals surface area (Å²) in [5, 5.41) is 20.6. The van der Waals surface area contributed by atoms with Crippen LogP contribution in [0.1, 0.15) is 34.6 Å². The number of benzene rings is 2. The van der Waals surface area contributed by atoms with E-state index < -0.39 is 36.7 Å². The number of thiol groups is 1. The molecule has 0 aliphatic carbocycles. The zero-order valence-electron chi connectivity index (χ0n) is 23.2. The van der Waals surface area contributed by atoms with Gasteiger partial charge in [-0.1, -0.05) is 6.92 Å². The molecule has 2 aromatic carbocycles. The zero-order valence-corrected chi connectivity index (χ0v) is 26.7. The van der Waals surface area contributed by atoms with E-state index in [2.05, 4.69) is 12.6 Å². The number of hydrogen-bond acceptors (Lipinski definition) is 12. The molecular formula is C23H34F2N2O10P2S2. The minimum atomic E-state index is -3.27. The standard InChI is InChI=1S/C11H15FNO5PS.C6H4FNO2S.C6H15O3P/c1-3-17-19(16,18-4-2)8-20-11-6-5-9(13(14)15)7-10(11)12;7-5-3-4(8(9)10)1-2-6(5)11;1-4-8-10(7,6-3)9-5-2/h5-7H,3-4,8H2,1-2H3;1-3,11H;4-6H2,1-3H3. The highest BCUT2D eigenvalue weighted by Crippen LogP contribution is 2.52. The fourth-order valence-corrected chi connectivity index (χ4v) is 6.97. The Balaban J connectivity index is 0.000000644. The van der Waals surface area contributed by atoms with E-state index in [-0.39, 0.29) is 39.9 Å². The van der Waals surface area contributed by atoms with Gasteiger partial charge < -0.3 is 18.1 Å². The van der Waals surface area contributed by atoms with Gasteiger partial charge >= 0.3 is 15.2 Å². The van der Waals surface area contributed by atoms with Crippen molar-refractivity contribution >= 4 is 51.0 Å². The van der Waals surface area contributed by atoms with Crippen LogP contribution in [0.4, 0.5) is 20.2 Å². The van der Waals surface area contributed by atoms with Crippen molar-refractivity contribution in [1.29, 1.82) is 0 Å². The van der Waals surface area contributed by atoms with Crippen molar-refractivity contribution in [3.05, 3.63) is 68.3 Å². The maximum Gasteiger partial charge on any atom is 0.340 e. The number of hydrogen-bond donors (Lipinski definition) is 1. The fourth-order valence-electron chi connectivity index (χ4n) is 2.60. The van der Waals surface area contributed by atoms with E-state index in [1.54, 1.807) is 34.6 Å². The number of nitro benzene ring substituents is 2. The predicted octanol–water partition coefficient (Wildman–Crippen LogP) is 8.34. The van der Waals surface area contributed by atoms with Crippen LogP contribution < -0.4 is 0 Å². The molecule has 232 valence electrons. The van der Waals surface area contributed by atoms with Gasteiger partial charge in [-0.15, -0.1) is 24.4 Å². The van der Waals surface area contributed by atoms with Gasteiger partial charge in [0.25, 0.3) is 11.4 Å². The summed E-state index contributed by atoms with van der Waals surface area (Å²) in [4.78, 5) is 19.5. The highest BCUT2D eigenvalue weighted by molar-refractivity contribution is 8.04. The second-order valence-corrected chi connectivity index (χ2v) is 13.6. The molecule has 0 amide bonds. The molecule has 0 radical (unpaired) electrons. The third-order valence-corrected chi connectivity index (χ3v) is 10.5. The third kappa shape index (κ3) is 15.2. The van der Waals surface area contributed by atoms with Gasteiger partial charge in [0, 0.05) is 28.1 Å². The molecule has 0 aliphatic rings. The van der Waals surface area contributed by atoms with Crippen LogP contribution >= 0.6 is 39.6 Å². The van der Waals surface area contributed by atoms with E-state index >= 15 is 0 Å². The highest BCUT2D eigenvalue weighted by Gasteiger charge is 2.25. The van der Waals surface area contributed by atoms with Crippen LogP contribution in [0.2, 0.25) is 0 Å². The molecule has 12 nitrogen and oxygen atoms in total. The largest absolute Gasteiger partial charge is 0.340 e. The predicted molar refractivity (Wildman–Crippen MR) is 156 cm³/mol. The van der Waals surface area contributed by atoms with Crippen molar-refractivity contribution < 1.29 is 45.9 Å². The summed E-state index contributed by atoms with van der Waals surface area (Å²) in [6, 6.07) is 6.58. The van der Waals surface area contributed by atoms with Crippen LogP contribution in [0.15, 0.2) is 46.2 Å². The Kier molecular flexibility index (Phi) is 19.2. The normalized spacial score (nSPS) is 11.1. The summed E-state index contributed by atoms with van der Waals surface area (Å²) in [6.45, 7) is 10.1. The zero-order chi connectivity index (χ0) is 31.6. The number of thioether (sulfide) groups is 1. The van der Waals surface area contributed by atoms with E-state index in [4.69, 9.17) is 18.1 Å². The molecule has 0 saturated heterocycles. The molecule has 0 N–H and O–H groups in total. The summed E-state index contributed by atoms with van der Waals surface area (Å²) in [5.74, 6) is -1.41. The number of non-ortho nitro benzene ring substituents is 2. The van der Waals surface area contributed by atoms with Crippen molar-refractivity contribution in [2.45, 2.75) is 44.4 Å². The molecule has 0 saturated carbocycles. The van der Waals surface area contributed by atoms with Gasteiger partial charge in [0.15, 0.2) is 0 Å². The summed E-state index contributed by atoms with van der Waals surface area (Å²) < 4.78 is 69.8. The van der Waals surface area contributed by atoms with Gasteiger partial charge in [-0.2, -0.15) is 0 Å². The van der Waals surface area contributed by atoms with Crippen LogP contribution in [0.3, 0.4) is 0 Å². The van der Waals surface area contributed by atoms with E-state index in [0.29, 0.717) is 19.4 Å². The fraction of sp³-hybridized carbons (Fsp3) is 0.478. The first-order valence-electron chi connectivity index (χ1n) is 12.2. The van der Waals surface area contributed by atoms with E-state index in [9.17, 15) is 38.1 Å². The summed E-state index contributed by atoms with van der Waals surface area (Å²) >= 11 is 4.66. The lowest BCUT2D eigenvalue weighted by Gasteiger charge is -2.16. The van der Waals surface area contributed by atoms with Crippen LogP contribution in [-0.2, 0) is 27.2 Å². The van der Waals surface area contributed by atoms with Crippen LogP contribution in [0.5, 0.6) is 0 Å². The first-order valence-corrected chi connectivity index (χ1v) is 17.1. The lowest BCUT2D eigenvalue weighted by molar-refractivity contribution is -0.385. The highest BCUT2D eigenvalue weighted by atomic mass is 32.2. The molecule has 0 unspecified atom stereocenters. The Morgan fingerprint density at radius 3 is 1.54 bits per heavy atom. The van der Waals surface area contributed by atoms with Gasteiger partial charge in [-0.25, -0.2) is 8.78 Å². The monoisotopic (exact) mass is 662 g/mol. The number of nitrogens with zero attached hydrogens (tertiary/aromatic N) is 2. The molecule has 0 heterocycles. The minimum absolute atomic E-state index is 0.0522. The molecule has 0 bridgehead atoms. The van der Waals surface area contributed by atoms with Gasteiger partial charge in [0.05, 0.1) is 48.4 Å². The number of rotatable bonds is 14. The quantitative estimate of drug-likeness (QED) is 0.0681. The molecule has 0 atom stereocenters. The van der Waals surface area contributed by atoms with Crippen molar-refractivity contribution in [2.24, 2.45) is 0 Å². The Bertz CT molecular complexity index is 1210. The van der Waals surface area contributed by atoms with Crippen molar-refractivity contribution in [1.82, 2.24) is 0 Å². The molecule has 18 heteroatoms. The summed E-state index contributed by atoms with van der Waals surface area (Å²) in [5.41, 5.74) is -0.645. The maximum absolute atomic E-state index is 13.7. The lowest BCUT2D eigenvalue weighted by Crippen LogP contribution is -1.98. The molecular weight excluding hydrogens is 628 g/mol. The minimum Gasteiger partial charge on any atom is -0.309 e. The van der Waals surface area contributed by atoms with Crippen LogP contribution in [0.25, 0.3) is 0 Å². The first-order chi connectivity index (χ1) is 19.2. The lowest BCUT2D eigenvalue weighted by atomic mass is 10.3. The van der Waals surface area contributed by atoms with Gasteiger partial charge in [0.1, 0.15) is 17.1 Å². The molecule has 0 aromatic heterocycles. The first kappa shape index (κ1) is 39.1. The van der Waals surface area contributed by atoms with Gasteiger partial charge in [-0.05, 0) is 39.8 Å². The Morgan fingerprint density at radius 1 is 0.756 bits per heavy atom. The molecule has 0 aliphatic heterocycles. The number of halogens is 2. The molecule has 41 heavy (non-hydrogen) atoms. The Labute approximate surface area is 247 Å². The van der Waals surface area contributed by atoms with E-state index in [1.165, 1.54) is 24.3 Å². The van der Waals surface area contributed by atoms with Crippen LogP contribution in [-0.4, -0.2) is 47.9 Å². The second kappa shape index (κ2) is 20.1. The second-order valence-electron chi connectivity index (χ2n) is 7.25. The van der Waals surface area contributed by atoms with Crippen molar-refractivity contribution in [3.63, 3.8) is 0 Å². The topological polar surface area (TPSA) is 157 Å². The maximum atomic E-state index is 13.7.